The van der Waals surface area contributed by atoms with E-state index in [1.165, 1.54) is 0 Å². The Labute approximate surface area is 244 Å². The Morgan fingerprint density at radius 1 is 0.976 bits per heavy atom. The quantitative estimate of drug-likeness (QED) is 0.224. The van der Waals surface area contributed by atoms with Gasteiger partial charge in [0.2, 0.25) is 0 Å². The highest BCUT2D eigenvalue weighted by atomic mass is 35.5. The van der Waals surface area contributed by atoms with Crippen molar-refractivity contribution in [3.05, 3.63) is 99.8 Å². The third-order valence-electron chi connectivity index (χ3n) is 6.73. The fourth-order valence-corrected chi connectivity index (χ4v) is 4.81. The van der Waals surface area contributed by atoms with E-state index in [2.05, 4.69) is 23.3 Å². The van der Waals surface area contributed by atoms with Gasteiger partial charge in [-0.05, 0) is 65.1 Å². The van der Waals surface area contributed by atoms with E-state index >= 15 is 0 Å². The van der Waals surface area contributed by atoms with Crippen molar-refractivity contribution in [1.29, 1.82) is 5.26 Å². The smallest absolute Gasteiger partial charge is 0.161 e. The molecular formula is C32H30ClN3O5. The lowest BCUT2D eigenvalue weighted by atomic mass is 9.96. The molecule has 1 aliphatic rings. The third kappa shape index (κ3) is 6.90. The normalized spacial score (nSPS) is 12.0. The number of nitrogens with zero attached hydrogens (tertiary/aromatic N) is 2. The highest BCUT2D eigenvalue weighted by Gasteiger charge is 2.16. The topological polar surface area (TPSA) is 106 Å². The maximum Gasteiger partial charge on any atom is 0.161 e. The summed E-state index contributed by atoms with van der Waals surface area (Å²) >= 11 is 6.64. The molecule has 9 heteroatoms. The molecule has 210 valence electrons. The van der Waals surface area contributed by atoms with E-state index in [1.54, 1.807) is 24.4 Å². The van der Waals surface area contributed by atoms with E-state index in [0.717, 1.165) is 44.9 Å². The number of aliphatic hydroxyl groups excluding tert-OH is 1. The van der Waals surface area contributed by atoms with Crippen LogP contribution in [-0.2, 0) is 19.8 Å². The number of ether oxygens (including phenoxy) is 4. The molecule has 0 saturated carbocycles. The van der Waals surface area contributed by atoms with Crippen molar-refractivity contribution < 1.29 is 24.1 Å². The van der Waals surface area contributed by atoms with Gasteiger partial charge in [0.05, 0.1) is 11.6 Å². The van der Waals surface area contributed by atoms with Gasteiger partial charge in [0.25, 0.3) is 0 Å². The molecule has 41 heavy (non-hydrogen) atoms. The number of halogens is 1. The lowest BCUT2D eigenvalue weighted by molar-refractivity contribution is 0.171. The van der Waals surface area contributed by atoms with E-state index in [0.29, 0.717) is 55.1 Å². The molecule has 8 nitrogen and oxygen atoms in total. The van der Waals surface area contributed by atoms with Crippen molar-refractivity contribution in [2.24, 2.45) is 0 Å². The van der Waals surface area contributed by atoms with Crippen LogP contribution in [0.1, 0.15) is 27.9 Å². The number of nitriles is 1. The van der Waals surface area contributed by atoms with Crippen molar-refractivity contribution in [2.45, 2.75) is 26.7 Å². The molecule has 0 saturated heterocycles. The predicted molar refractivity (Wildman–Crippen MR) is 155 cm³/mol. The Balaban J connectivity index is 1.35. The van der Waals surface area contributed by atoms with Crippen LogP contribution in [-0.4, -0.2) is 36.5 Å². The minimum atomic E-state index is 0.0176. The van der Waals surface area contributed by atoms with Crippen LogP contribution in [0.4, 0.5) is 0 Å². The zero-order chi connectivity index (χ0) is 28.6. The Morgan fingerprint density at radius 2 is 1.80 bits per heavy atom. The van der Waals surface area contributed by atoms with Gasteiger partial charge < -0.3 is 29.4 Å². The van der Waals surface area contributed by atoms with Gasteiger partial charge >= 0.3 is 0 Å². The molecule has 3 aromatic carbocycles. The highest BCUT2D eigenvalue weighted by molar-refractivity contribution is 6.32. The standard InChI is InChI=1S/C32H30ClN3O5/c1-21-24(3-2-4-27(21)23-5-6-29-32(15-23)39-12-11-38-29)20-41-31-16-30(25(14-28(31)33)18-35-9-10-37)40-19-22-7-8-36-26(13-22)17-34/h2-8,13-16,35,37H,9-12,18-20H2,1H3. The summed E-state index contributed by atoms with van der Waals surface area (Å²) < 4.78 is 23.8. The number of nitrogens with one attached hydrogen (secondary N) is 1. The number of fused-ring (bicyclic) bond motifs is 1. The summed E-state index contributed by atoms with van der Waals surface area (Å²) in [6, 6.07) is 21.2. The molecular weight excluding hydrogens is 542 g/mol. The first kappa shape index (κ1) is 28.2. The van der Waals surface area contributed by atoms with Crippen LogP contribution in [0, 0.1) is 18.3 Å². The van der Waals surface area contributed by atoms with Crippen LogP contribution in [0.5, 0.6) is 23.0 Å². The molecule has 0 fully saturated rings. The lowest BCUT2D eigenvalue weighted by Crippen LogP contribution is -2.18. The van der Waals surface area contributed by atoms with Crippen molar-refractivity contribution in [3.63, 3.8) is 0 Å². The van der Waals surface area contributed by atoms with Gasteiger partial charge in [-0.3, -0.25) is 0 Å². The molecule has 5 rings (SSSR count). The van der Waals surface area contributed by atoms with Crippen LogP contribution in [0.25, 0.3) is 11.1 Å². The van der Waals surface area contributed by atoms with Gasteiger partial charge in [-0.2, -0.15) is 5.26 Å². The van der Waals surface area contributed by atoms with Crippen LogP contribution < -0.4 is 24.3 Å². The molecule has 2 heterocycles. The van der Waals surface area contributed by atoms with Gasteiger partial charge in [0.15, 0.2) is 11.5 Å². The fraction of sp³-hybridized carbons (Fsp3) is 0.250. The first-order valence-electron chi connectivity index (χ1n) is 13.3. The first-order chi connectivity index (χ1) is 20.1. The third-order valence-corrected chi connectivity index (χ3v) is 7.03. The summed E-state index contributed by atoms with van der Waals surface area (Å²) in [5.74, 6) is 2.59. The fourth-order valence-electron chi connectivity index (χ4n) is 4.57. The summed E-state index contributed by atoms with van der Waals surface area (Å²) in [5, 5.41) is 21.9. The number of aliphatic hydroxyl groups is 1. The average Bonchev–Trinajstić information content (AvgIpc) is 3.00. The number of pyridine rings is 1. The SMILES string of the molecule is Cc1c(COc2cc(OCc3ccnc(C#N)c3)c(CNCCO)cc2Cl)cccc1-c1ccc2c(c1)OCCO2. The minimum Gasteiger partial charge on any atom is -0.488 e. The molecule has 2 N–H and O–H groups in total. The van der Waals surface area contributed by atoms with Crippen LogP contribution in [0.3, 0.4) is 0 Å². The Morgan fingerprint density at radius 3 is 2.63 bits per heavy atom. The van der Waals surface area contributed by atoms with Gasteiger partial charge in [-0.15, -0.1) is 0 Å². The van der Waals surface area contributed by atoms with Gasteiger partial charge in [0.1, 0.15) is 49.7 Å². The zero-order valence-electron chi connectivity index (χ0n) is 22.7. The number of benzene rings is 3. The van der Waals surface area contributed by atoms with Crippen LogP contribution in [0.2, 0.25) is 5.02 Å². The lowest BCUT2D eigenvalue weighted by Gasteiger charge is -2.20. The number of rotatable bonds is 11. The molecule has 0 unspecified atom stereocenters. The van der Waals surface area contributed by atoms with Gasteiger partial charge in [-0.1, -0.05) is 35.9 Å². The Kier molecular flexibility index (Phi) is 9.22. The second kappa shape index (κ2) is 13.4. The molecule has 0 atom stereocenters. The summed E-state index contributed by atoms with van der Waals surface area (Å²) in [6.45, 7) is 4.61. The first-order valence-corrected chi connectivity index (χ1v) is 13.7. The molecule has 0 radical (unpaired) electrons. The van der Waals surface area contributed by atoms with E-state index < -0.39 is 0 Å². The molecule has 1 aromatic heterocycles. The number of hydrogen-bond acceptors (Lipinski definition) is 8. The van der Waals surface area contributed by atoms with Crippen molar-refractivity contribution in [1.82, 2.24) is 10.3 Å². The maximum atomic E-state index is 9.17. The second-order valence-electron chi connectivity index (χ2n) is 9.48. The van der Waals surface area contributed by atoms with E-state index in [9.17, 15) is 5.11 Å². The molecule has 0 amide bonds. The minimum absolute atomic E-state index is 0.0176. The monoisotopic (exact) mass is 571 g/mol. The van der Waals surface area contributed by atoms with Crippen LogP contribution in [0.15, 0.2) is 66.9 Å². The summed E-state index contributed by atoms with van der Waals surface area (Å²) in [4.78, 5) is 4.01. The Hall–Kier alpha value is -4.29. The summed E-state index contributed by atoms with van der Waals surface area (Å²) in [5.41, 5.74) is 6.19. The zero-order valence-corrected chi connectivity index (χ0v) is 23.4. The highest BCUT2D eigenvalue weighted by Crippen LogP contribution is 2.37. The number of hydrogen-bond donors (Lipinski definition) is 2. The summed E-state index contributed by atoms with van der Waals surface area (Å²) in [7, 11) is 0. The number of aromatic nitrogens is 1. The molecule has 0 bridgehead atoms. The molecule has 0 aliphatic carbocycles. The largest absolute Gasteiger partial charge is 0.488 e. The van der Waals surface area contributed by atoms with E-state index in [1.807, 2.05) is 42.5 Å². The second-order valence-corrected chi connectivity index (χ2v) is 9.88. The van der Waals surface area contributed by atoms with Crippen molar-refractivity contribution >= 4 is 11.6 Å². The summed E-state index contributed by atoms with van der Waals surface area (Å²) in [6.07, 6.45) is 1.58. The maximum absolute atomic E-state index is 9.17. The molecule has 4 aromatic rings. The Bertz CT molecular complexity index is 1570. The predicted octanol–water partition coefficient (Wildman–Crippen LogP) is 5.59. The van der Waals surface area contributed by atoms with Gasteiger partial charge in [0, 0.05) is 30.9 Å². The van der Waals surface area contributed by atoms with E-state index in [-0.39, 0.29) is 13.2 Å². The van der Waals surface area contributed by atoms with Crippen molar-refractivity contribution in [2.75, 3.05) is 26.4 Å². The van der Waals surface area contributed by atoms with Crippen molar-refractivity contribution in [3.8, 4) is 40.2 Å². The molecule has 0 spiro atoms. The van der Waals surface area contributed by atoms with Gasteiger partial charge in [-0.25, -0.2) is 4.98 Å². The molecule has 1 aliphatic heterocycles. The van der Waals surface area contributed by atoms with Crippen LogP contribution >= 0.6 is 11.6 Å². The average molecular weight is 572 g/mol. The van der Waals surface area contributed by atoms with E-state index in [4.69, 9.17) is 35.8 Å².